The molecule has 3 N–H and O–H groups in total. The van der Waals surface area contributed by atoms with Crippen molar-refractivity contribution < 1.29 is 9.52 Å². The Kier molecular flexibility index (Phi) is 2.69. The fourth-order valence-corrected chi connectivity index (χ4v) is 1.34. The van der Waals surface area contributed by atoms with Gasteiger partial charge in [-0.1, -0.05) is 6.07 Å². The van der Waals surface area contributed by atoms with E-state index in [0.29, 0.717) is 18.9 Å². The van der Waals surface area contributed by atoms with Crippen LogP contribution in [0.2, 0.25) is 0 Å². The lowest BCUT2D eigenvalue weighted by molar-refractivity contribution is 0.475. The second-order valence-electron chi connectivity index (χ2n) is 3.23. The summed E-state index contributed by atoms with van der Waals surface area (Å²) in [6.07, 6.45) is 2.29. The molecule has 1 aromatic carbocycles. The van der Waals surface area contributed by atoms with Crippen LogP contribution in [0.3, 0.4) is 0 Å². The van der Waals surface area contributed by atoms with Gasteiger partial charge in [0.05, 0.1) is 5.69 Å². The first-order valence-electron chi connectivity index (χ1n) is 4.73. The van der Waals surface area contributed by atoms with Gasteiger partial charge in [-0.2, -0.15) is 0 Å². The summed E-state index contributed by atoms with van der Waals surface area (Å²) in [5, 5.41) is 9.30. The molecule has 2 aromatic rings. The number of rotatable bonds is 3. The molecular weight excluding hydrogens is 192 g/mol. The molecule has 4 nitrogen and oxygen atoms in total. The first kappa shape index (κ1) is 9.73. The lowest BCUT2D eigenvalue weighted by Gasteiger charge is -1.95. The first-order chi connectivity index (χ1) is 7.29. The van der Waals surface area contributed by atoms with Crippen molar-refractivity contribution in [2.24, 2.45) is 5.73 Å². The van der Waals surface area contributed by atoms with Crippen LogP contribution in [0, 0.1) is 0 Å². The zero-order valence-corrected chi connectivity index (χ0v) is 8.18. The van der Waals surface area contributed by atoms with Crippen molar-refractivity contribution in [2.75, 3.05) is 6.54 Å². The minimum absolute atomic E-state index is 0.200. The Hall–Kier alpha value is -1.81. The number of nitrogens with zero attached hydrogens (tertiary/aromatic N) is 1. The summed E-state index contributed by atoms with van der Waals surface area (Å²) in [6, 6.07) is 6.79. The van der Waals surface area contributed by atoms with E-state index in [0.717, 1.165) is 11.3 Å². The topological polar surface area (TPSA) is 72.3 Å². The lowest BCUT2D eigenvalue weighted by Crippen LogP contribution is -2.02. The highest BCUT2D eigenvalue weighted by atomic mass is 16.3. The fraction of sp³-hybridized carbons (Fsp3) is 0.182. The van der Waals surface area contributed by atoms with Gasteiger partial charge in [-0.05, 0) is 24.7 Å². The van der Waals surface area contributed by atoms with Crippen LogP contribution in [0.4, 0.5) is 0 Å². The Morgan fingerprint density at radius 1 is 1.40 bits per heavy atom. The summed E-state index contributed by atoms with van der Waals surface area (Å²) in [5.41, 5.74) is 7.00. The molecule has 0 aliphatic carbocycles. The van der Waals surface area contributed by atoms with E-state index in [9.17, 15) is 5.11 Å². The number of aromatic nitrogens is 1. The van der Waals surface area contributed by atoms with Crippen LogP contribution in [-0.4, -0.2) is 16.6 Å². The molecule has 78 valence electrons. The second kappa shape index (κ2) is 4.14. The van der Waals surface area contributed by atoms with Crippen molar-refractivity contribution in [3.05, 3.63) is 36.2 Å². The van der Waals surface area contributed by atoms with Gasteiger partial charge >= 0.3 is 0 Å². The van der Waals surface area contributed by atoms with Gasteiger partial charge < -0.3 is 15.3 Å². The van der Waals surface area contributed by atoms with Gasteiger partial charge in [0.15, 0.2) is 0 Å². The standard InChI is InChI=1S/C11H12N2O2/c12-5-4-9-7-15-11(13-9)8-2-1-3-10(14)6-8/h1-3,6-7,14H,4-5,12H2. The van der Waals surface area contributed by atoms with Crippen LogP contribution in [-0.2, 0) is 6.42 Å². The normalized spacial score (nSPS) is 10.5. The molecule has 1 aromatic heterocycles. The summed E-state index contributed by atoms with van der Waals surface area (Å²) in [4.78, 5) is 4.25. The summed E-state index contributed by atoms with van der Waals surface area (Å²) < 4.78 is 5.28. The predicted molar refractivity (Wildman–Crippen MR) is 56.4 cm³/mol. The van der Waals surface area contributed by atoms with Crippen LogP contribution in [0.1, 0.15) is 5.69 Å². The van der Waals surface area contributed by atoms with E-state index in [1.54, 1.807) is 24.5 Å². The third kappa shape index (κ3) is 2.16. The van der Waals surface area contributed by atoms with E-state index in [4.69, 9.17) is 10.2 Å². The number of phenolic OH excluding ortho intramolecular Hbond substituents is 1. The lowest BCUT2D eigenvalue weighted by atomic mass is 10.2. The van der Waals surface area contributed by atoms with Crippen molar-refractivity contribution in [3.8, 4) is 17.2 Å². The number of oxazole rings is 1. The number of benzene rings is 1. The van der Waals surface area contributed by atoms with Crippen LogP contribution in [0.15, 0.2) is 34.9 Å². The van der Waals surface area contributed by atoms with Crippen LogP contribution >= 0.6 is 0 Å². The minimum atomic E-state index is 0.200. The average molecular weight is 204 g/mol. The number of hydrogen-bond donors (Lipinski definition) is 2. The molecule has 0 unspecified atom stereocenters. The third-order valence-corrected chi connectivity index (χ3v) is 2.05. The molecule has 15 heavy (non-hydrogen) atoms. The Morgan fingerprint density at radius 2 is 2.27 bits per heavy atom. The highest BCUT2D eigenvalue weighted by Crippen LogP contribution is 2.22. The van der Waals surface area contributed by atoms with Gasteiger partial charge in [0.25, 0.3) is 0 Å². The maximum atomic E-state index is 9.30. The van der Waals surface area contributed by atoms with E-state index in [1.807, 2.05) is 6.07 Å². The third-order valence-electron chi connectivity index (χ3n) is 2.05. The molecule has 0 fully saturated rings. The zero-order chi connectivity index (χ0) is 10.7. The molecule has 0 radical (unpaired) electrons. The second-order valence-corrected chi connectivity index (χ2v) is 3.23. The summed E-state index contributed by atoms with van der Waals surface area (Å²) in [5.74, 6) is 0.709. The molecule has 2 rings (SSSR count). The van der Waals surface area contributed by atoms with Crippen LogP contribution < -0.4 is 5.73 Å². The fourth-order valence-electron chi connectivity index (χ4n) is 1.34. The van der Waals surface area contributed by atoms with Gasteiger partial charge in [0.2, 0.25) is 5.89 Å². The molecule has 0 saturated carbocycles. The van der Waals surface area contributed by atoms with E-state index in [-0.39, 0.29) is 5.75 Å². The Labute approximate surface area is 87.4 Å². The van der Waals surface area contributed by atoms with Crippen molar-refractivity contribution in [1.82, 2.24) is 4.98 Å². The Balaban J connectivity index is 2.29. The Bertz CT molecular complexity index is 451. The van der Waals surface area contributed by atoms with Crippen molar-refractivity contribution in [1.29, 1.82) is 0 Å². The van der Waals surface area contributed by atoms with E-state index in [2.05, 4.69) is 4.98 Å². The maximum absolute atomic E-state index is 9.30. The van der Waals surface area contributed by atoms with Gasteiger partial charge in [0, 0.05) is 12.0 Å². The molecule has 0 bridgehead atoms. The molecular formula is C11H12N2O2. The van der Waals surface area contributed by atoms with Gasteiger partial charge in [-0.25, -0.2) is 4.98 Å². The molecule has 0 atom stereocenters. The zero-order valence-electron chi connectivity index (χ0n) is 8.18. The van der Waals surface area contributed by atoms with Gasteiger partial charge in [-0.3, -0.25) is 0 Å². The average Bonchev–Trinajstić information content (AvgIpc) is 2.67. The predicted octanol–water partition coefficient (Wildman–Crippen LogP) is 1.55. The largest absolute Gasteiger partial charge is 0.508 e. The molecule has 0 spiro atoms. The van der Waals surface area contributed by atoms with E-state index < -0.39 is 0 Å². The number of phenols is 1. The molecule has 0 saturated heterocycles. The van der Waals surface area contributed by atoms with Crippen LogP contribution in [0.25, 0.3) is 11.5 Å². The van der Waals surface area contributed by atoms with E-state index >= 15 is 0 Å². The SMILES string of the molecule is NCCc1coc(-c2cccc(O)c2)n1. The van der Waals surface area contributed by atoms with Gasteiger partial charge in [-0.15, -0.1) is 0 Å². The Morgan fingerprint density at radius 3 is 3.00 bits per heavy atom. The minimum Gasteiger partial charge on any atom is -0.508 e. The molecule has 0 aliphatic heterocycles. The first-order valence-corrected chi connectivity index (χ1v) is 4.73. The van der Waals surface area contributed by atoms with Crippen molar-refractivity contribution >= 4 is 0 Å². The highest BCUT2D eigenvalue weighted by molar-refractivity contribution is 5.55. The monoisotopic (exact) mass is 204 g/mol. The maximum Gasteiger partial charge on any atom is 0.226 e. The quantitative estimate of drug-likeness (QED) is 0.795. The summed E-state index contributed by atoms with van der Waals surface area (Å²) in [7, 11) is 0. The highest BCUT2D eigenvalue weighted by Gasteiger charge is 2.06. The summed E-state index contributed by atoms with van der Waals surface area (Å²) in [6.45, 7) is 0.548. The summed E-state index contributed by atoms with van der Waals surface area (Å²) >= 11 is 0. The number of hydrogen-bond acceptors (Lipinski definition) is 4. The smallest absolute Gasteiger partial charge is 0.226 e. The van der Waals surface area contributed by atoms with Crippen molar-refractivity contribution in [3.63, 3.8) is 0 Å². The molecule has 0 amide bonds. The molecule has 1 heterocycles. The number of nitrogens with two attached hydrogens (primary N) is 1. The number of aromatic hydroxyl groups is 1. The van der Waals surface area contributed by atoms with E-state index in [1.165, 1.54) is 0 Å². The van der Waals surface area contributed by atoms with Crippen molar-refractivity contribution in [2.45, 2.75) is 6.42 Å². The molecule has 0 aliphatic rings. The molecule has 4 heteroatoms. The van der Waals surface area contributed by atoms with Crippen LogP contribution in [0.5, 0.6) is 5.75 Å². The van der Waals surface area contributed by atoms with Gasteiger partial charge in [0.1, 0.15) is 12.0 Å².